The molecule has 1 saturated heterocycles. The van der Waals surface area contributed by atoms with Gasteiger partial charge in [0.15, 0.2) is 0 Å². The van der Waals surface area contributed by atoms with Crippen molar-refractivity contribution in [3.05, 3.63) is 81.8 Å². The number of carbonyl (C=O) groups excluding carboxylic acids is 1. The van der Waals surface area contributed by atoms with Gasteiger partial charge in [-0.1, -0.05) is 35.9 Å². The van der Waals surface area contributed by atoms with Gasteiger partial charge in [-0.3, -0.25) is 14.5 Å². The van der Waals surface area contributed by atoms with Gasteiger partial charge in [0, 0.05) is 55.9 Å². The van der Waals surface area contributed by atoms with Crippen molar-refractivity contribution in [2.75, 3.05) is 26.2 Å². The molecule has 1 fully saturated rings. The van der Waals surface area contributed by atoms with Crippen molar-refractivity contribution in [1.82, 2.24) is 14.4 Å². The summed E-state index contributed by atoms with van der Waals surface area (Å²) in [7, 11) is 1.85. The van der Waals surface area contributed by atoms with Gasteiger partial charge in [-0.05, 0) is 43.5 Å². The first-order valence-corrected chi connectivity index (χ1v) is 10.1. The topological polar surface area (TPSA) is 45.6 Å². The molecule has 0 aliphatic carbocycles. The van der Waals surface area contributed by atoms with E-state index in [2.05, 4.69) is 17.9 Å². The molecule has 0 spiro atoms. The summed E-state index contributed by atoms with van der Waals surface area (Å²) < 4.78 is 1.76. The molecule has 4 rings (SSSR count). The zero-order valence-electron chi connectivity index (χ0n) is 17.3. The zero-order chi connectivity index (χ0) is 20.5. The lowest BCUT2D eigenvalue weighted by Gasteiger charge is -2.38. The number of carbonyl (C=O) groups is 1. The molecule has 5 nitrogen and oxygen atoms in total. The average molecular weight is 389 g/mol. The van der Waals surface area contributed by atoms with Crippen LogP contribution in [0, 0.1) is 6.92 Å². The largest absolute Gasteiger partial charge is 0.336 e. The van der Waals surface area contributed by atoms with Gasteiger partial charge in [-0.25, -0.2) is 0 Å². The van der Waals surface area contributed by atoms with Crippen LogP contribution in [0.2, 0.25) is 0 Å². The molecule has 29 heavy (non-hydrogen) atoms. The maximum Gasteiger partial charge on any atom is 0.258 e. The van der Waals surface area contributed by atoms with Gasteiger partial charge in [-0.15, -0.1) is 0 Å². The van der Waals surface area contributed by atoms with Crippen LogP contribution >= 0.6 is 0 Å². The molecule has 1 aliphatic rings. The van der Waals surface area contributed by atoms with Gasteiger partial charge in [0.05, 0.1) is 0 Å². The molecule has 0 radical (unpaired) electrons. The number of aryl methyl sites for hydroxylation is 1. The number of benzene rings is 2. The number of pyridine rings is 1. The van der Waals surface area contributed by atoms with Gasteiger partial charge in [0.1, 0.15) is 0 Å². The van der Waals surface area contributed by atoms with E-state index in [9.17, 15) is 9.59 Å². The lowest BCUT2D eigenvalue weighted by atomic mass is 10.1. The summed E-state index contributed by atoms with van der Waals surface area (Å²) in [6.07, 6.45) is 0. The Morgan fingerprint density at radius 2 is 1.69 bits per heavy atom. The normalized spacial score (nSPS) is 16.2. The van der Waals surface area contributed by atoms with E-state index in [1.807, 2.05) is 67.4 Å². The number of aromatic nitrogens is 1. The second kappa shape index (κ2) is 7.84. The molecule has 2 aromatic carbocycles. The predicted molar refractivity (Wildman–Crippen MR) is 116 cm³/mol. The predicted octanol–water partition coefficient (Wildman–Crippen LogP) is 3.37. The third-order valence-corrected chi connectivity index (χ3v) is 6.03. The van der Waals surface area contributed by atoms with E-state index in [-0.39, 0.29) is 17.5 Å². The Kier molecular flexibility index (Phi) is 5.24. The Bertz CT molecular complexity index is 1110. The van der Waals surface area contributed by atoms with Crippen LogP contribution in [0.3, 0.4) is 0 Å². The molecule has 1 aliphatic heterocycles. The summed E-state index contributed by atoms with van der Waals surface area (Å²) >= 11 is 0. The van der Waals surface area contributed by atoms with Gasteiger partial charge in [0.25, 0.3) is 11.5 Å². The smallest absolute Gasteiger partial charge is 0.258 e. The van der Waals surface area contributed by atoms with Crippen LogP contribution in [-0.2, 0) is 7.05 Å². The Morgan fingerprint density at radius 1 is 0.966 bits per heavy atom. The minimum Gasteiger partial charge on any atom is -0.336 e. The van der Waals surface area contributed by atoms with Crippen LogP contribution in [0.4, 0.5) is 0 Å². The summed E-state index contributed by atoms with van der Waals surface area (Å²) in [4.78, 5) is 29.8. The number of fused-ring (bicyclic) bond motifs is 1. The number of amides is 1. The van der Waals surface area contributed by atoms with Crippen LogP contribution < -0.4 is 5.56 Å². The fourth-order valence-electron chi connectivity index (χ4n) is 4.23. The van der Waals surface area contributed by atoms with Crippen LogP contribution in [0.1, 0.15) is 34.6 Å². The summed E-state index contributed by atoms with van der Waals surface area (Å²) in [6.45, 7) is 7.11. The lowest BCUT2D eigenvalue weighted by molar-refractivity contribution is 0.0576. The monoisotopic (exact) mass is 389 g/mol. The molecule has 0 N–H and O–H groups in total. The van der Waals surface area contributed by atoms with E-state index in [1.54, 1.807) is 4.57 Å². The van der Waals surface area contributed by atoms with Crippen molar-refractivity contribution < 1.29 is 4.79 Å². The van der Waals surface area contributed by atoms with Gasteiger partial charge < -0.3 is 9.47 Å². The Labute approximate surface area is 171 Å². The average Bonchev–Trinajstić information content (AvgIpc) is 2.75. The summed E-state index contributed by atoms with van der Waals surface area (Å²) in [5.41, 5.74) is 2.90. The number of rotatable bonds is 3. The minimum atomic E-state index is 0.0400. The Hall–Kier alpha value is -2.92. The van der Waals surface area contributed by atoms with E-state index in [4.69, 9.17) is 0 Å². The number of hydrogen-bond donors (Lipinski definition) is 0. The third-order valence-electron chi connectivity index (χ3n) is 6.03. The minimum absolute atomic E-state index is 0.0400. The molecule has 150 valence electrons. The Balaban J connectivity index is 1.50. The number of nitrogens with zero attached hydrogens (tertiary/aromatic N) is 3. The molecule has 1 atom stereocenters. The van der Waals surface area contributed by atoms with Crippen molar-refractivity contribution in [3.63, 3.8) is 0 Å². The molecule has 0 saturated carbocycles. The van der Waals surface area contributed by atoms with Crippen LogP contribution in [0.25, 0.3) is 10.8 Å². The van der Waals surface area contributed by atoms with Crippen molar-refractivity contribution >= 4 is 16.7 Å². The molecule has 5 heteroatoms. The molecular formula is C24H27N3O2. The molecule has 1 amide bonds. The van der Waals surface area contributed by atoms with Crippen LogP contribution in [0.5, 0.6) is 0 Å². The third kappa shape index (κ3) is 3.70. The maximum absolute atomic E-state index is 12.8. The van der Waals surface area contributed by atoms with Gasteiger partial charge in [0.2, 0.25) is 0 Å². The fraction of sp³-hybridized carbons (Fsp3) is 0.333. The quantitative estimate of drug-likeness (QED) is 0.690. The van der Waals surface area contributed by atoms with E-state index in [0.717, 1.165) is 40.7 Å². The molecule has 1 unspecified atom stereocenters. The molecule has 2 heterocycles. The zero-order valence-corrected chi connectivity index (χ0v) is 17.3. The van der Waals surface area contributed by atoms with Crippen molar-refractivity contribution in [1.29, 1.82) is 0 Å². The highest BCUT2D eigenvalue weighted by Gasteiger charge is 2.26. The first-order valence-electron chi connectivity index (χ1n) is 10.1. The maximum atomic E-state index is 12.8. The molecule has 1 aromatic heterocycles. The van der Waals surface area contributed by atoms with Gasteiger partial charge in [-0.2, -0.15) is 0 Å². The van der Waals surface area contributed by atoms with Crippen LogP contribution in [0.15, 0.2) is 59.4 Å². The first kappa shape index (κ1) is 19.4. The van der Waals surface area contributed by atoms with Crippen molar-refractivity contribution in [2.45, 2.75) is 19.9 Å². The highest BCUT2D eigenvalue weighted by atomic mass is 16.2. The molecule has 3 aromatic rings. The molecule has 0 bridgehead atoms. The second-order valence-corrected chi connectivity index (χ2v) is 7.89. The number of piperazine rings is 1. The van der Waals surface area contributed by atoms with Crippen LogP contribution in [-0.4, -0.2) is 46.5 Å². The van der Waals surface area contributed by atoms with Crippen molar-refractivity contribution in [2.24, 2.45) is 7.05 Å². The summed E-state index contributed by atoms with van der Waals surface area (Å²) in [5, 5.41) is 1.73. The van der Waals surface area contributed by atoms with E-state index < -0.39 is 0 Å². The standard InChI is InChI=1S/C24H27N3O2/c1-17-7-6-9-20(15-17)23(28)27-13-11-26(12-14-27)18(2)22-16-19-8-4-5-10-21(19)24(29)25(22)3/h4-10,15-16,18H,11-14H2,1-3H3. The highest BCUT2D eigenvalue weighted by Crippen LogP contribution is 2.24. The van der Waals surface area contributed by atoms with Crippen molar-refractivity contribution in [3.8, 4) is 0 Å². The molecular weight excluding hydrogens is 362 g/mol. The summed E-state index contributed by atoms with van der Waals surface area (Å²) in [5.74, 6) is 0.0964. The van der Waals surface area contributed by atoms with E-state index in [1.165, 1.54) is 0 Å². The first-order chi connectivity index (χ1) is 14.0. The van der Waals surface area contributed by atoms with E-state index >= 15 is 0 Å². The fourth-order valence-corrected chi connectivity index (χ4v) is 4.23. The number of hydrogen-bond acceptors (Lipinski definition) is 3. The second-order valence-electron chi connectivity index (χ2n) is 7.89. The summed E-state index contributed by atoms with van der Waals surface area (Å²) in [6, 6.07) is 17.7. The van der Waals surface area contributed by atoms with Gasteiger partial charge >= 0.3 is 0 Å². The Morgan fingerprint density at radius 3 is 2.41 bits per heavy atom. The lowest BCUT2D eigenvalue weighted by Crippen LogP contribution is -2.49. The highest BCUT2D eigenvalue weighted by molar-refractivity contribution is 5.94. The van der Waals surface area contributed by atoms with E-state index in [0.29, 0.717) is 13.1 Å². The SMILES string of the molecule is Cc1cccc(C(=O)N2CCN(C(C)c3cc4ccccc4c(=O)n3C)CC2)c1.